The van der Waals surface area contributed by atoms with Crippen molar-refractivity contribution in [1.29, 1.82) is 0 Å². The molecule has 0 amide bonds. The second-order valence-electron chi connectivity index (χ2n) is 3.14. The molecule has 0 aromatic heterocycles. The first kappa shape index (κ1) is 13.8. The summed E-state index contributed by atoms with van der Waals surface area (Å²) in [6.45, 7) is -2.04. The maximum Gasteiger partial charge on any atom is 0.492 e. The maximum atomic E-state index is 11.7. The smallest absolute Gasteiger partial charge is 0.468 e. The van der Waals surface area contributed by atoms with Crippen LogP contribution >= 0.6 is 0 Å². The highest BCUT2D eigenvalue weighted by atomic mass is 19.4. The third-order valence-electron chi connectivity index (χ3n) is 1.76. The van der Waals surface area contributed by atoms with Gasteiger partial charge in [-0.15, -0.1) is 0 Å². The van der Waals surface area contributed by atoms with Crippen LogP contribution in [0, 0.1) is 0 Å². The molecule has 0 aliphatic heterocycles. The lowest BCUT2D eigenvalue weighted by Gasteiger charge is -2.12. The Bertz CT molecular complexity index is 356. The van der Waals surface area contributed by atoms with E-state index in [0.29, 0.717) is 0 Å². The van der Waals surface area contributed by atoms with Gasteiger partial charge in [0.1, 0.15) is 12.4 Å². The van der Waals surface area contributed by atoms with Crippen molar-refractivity contribution in [2.45, 2.75) is 6.18 Å². The fourth-order valence-corrected chi connectivity index (χ4v) is 1.09. The molecule has 8 heteroatoms. The third kappa shape index (κ3) is 5.07. The van der Waals surface area contributed by atoms with Crippen molar-refractivity contribution in [2.75, 3.05) is 13.4 Å². The number of halogens is 3. The van der Waals surface area contributed by atoms with Gasteiger partial charge in [0.15, 0.2) is 6.79 Å². The van der Waals surface area contributed by atoms with Crippen LogP contribution in [0.4, 0.5) is 13.2 Å². The molecule has 0 unspecified atom stereocenters. The van der Waals surface area contributed by atoms with Crippen molar-refractivity contribution in [3.8, 4) is 5.75 Å². The largest absolute Gasteiger partial charge is 0.492 e. The molecule has 17 heavy (non-hydrogen) atoms. The van der Waals surface area contributed by atoms with E-state index >= 15 is 0 Å². The molecular weight excluding hydrogens is 240 g/mol. The average Bonchev–Trinajstić information content (AvgIpc) is 2.23. The summed E-state index contributed by atoms with van der Waals surface area (Å²) in [6, 6.07) is 5.86. The number of ether oxygens (including phenoxy) is 2. The van der Waals surface area contributed by atoms with Gasteiger partial charge in [-0.25, -0.2) is 0 Å². The molecule has 0 atom stereocenters. The topological polar surface area (TPSA) is 58.9 Å². The molecule has 1 rings (SSSR count). The van der Waals surface area contributed by atoms with Gasteiger partial charge in [-0.1, -0.05) is 18.2 Å². The predicted octanol–water partition coefficient (Wildman–Crippen LogP) is 0.282. The van der Waals surface area contributed by atoms with Crippen molar-refractivity contribution >= 4 is 12.6 Å². The molecule has 0 radical (unpaired) electrons. The van der Waals surface area contributed by atoms with Crippen molar-refractivity contribution in [3.63, 3.8) is 0 Å². The van der Waals surface area contributed by atoms with Gasteiger partial charge in [-0.3, -0.25) is 0 Å². The summed E-state index contributed by atoms with van der Waals surface area (Å²) >= 11 is 0. The average molecular weight is 250 g/mol. The van der Waals surface area contributed by atoms with E-state index in [9.17, 15) is 13.2 Å². The molecule has 0 aliphatic rings. The summed E-state index contributed by atoms with van der Waals surface area (Å²) in [5, 5.41) is 17.9. The van der Waals surface area contributed by atoms with Crippen LogP contribution < -0.4 is 10.2 Å². The highest BCUT2D eigenvalue weighted by Gasteiger charge is 2.27. The minimum atomic E-state index is -4.42. The Balaban J connectivity index is 2.47. The maximum absolute atomic E-state index is 11.7. The van der Waals surface area contributed by atoms with E-state index in [4.69, 9.17) is 14.8 Å². The molecule has 1 aromatic carbocycles. The Kier molecular flexibility index (Phi) is 4.79. The number of rotatable bonds is 5. The monoisotopic (exact) mass is 250 g/mol. The Labute approximate surface area is 95.7 Å². The number of hydrogen-bond donors (Lipinski definition) is 2. The number of benzene rings is 1. The molecule has 94 valence electrons. The van der Waals surface area contributed by atoms with Gasteiger partial charge in [0, 0.05) is 5.46 Å². The minimum absolute atomic E-state index is 0.0584. The molecule has 2 N–H and O–H groups in total. The summed E-state index contributed by atoms with van der Waals surface area (Å²) in [6.07, 6.45) is -4.42. The van der Waals surface area contributed by atoms with Crippen molar-refractivity contribution in [3.05, 3.63) is 24.3 Å². The Morgan fingerprint density at radius 3 is 2.41 bits per heavy atom. The zero-order valence-electron chi connectivity index (χ0n) is 8.65. The first-order chi connectivity index (χ1) is 7.90. The second kappa shape index (κ2) is 5.90. The van der Waals surface area contributed by atoms with Gasteiger partial charge in [0.2, 0.25) is 0 Å². The molecule has 0 bridgehead atoms. The minimum Gasteiger partial charge on any atom is -0.468 e. The normalized spacial score (nSPS) is 11.4. The molecule has 0 fully saturated rings. The van der Waals surface area contributed by atoms with Crippen LogP contribution in [-0.2, 0) is 4.74 Å². The SMILES string of the molecule is OB(O)c1ccccc1OCOCC(F)(F)F. The van der Waals surface area contributed by atoms with Crippen LogP contribution in [0.25, 0.3) is 0 Å². The molecule has 0 saturated heterocycles. The Morgan fingerprint density at radius 1 is 1.18 bits per heavy atom. The fraction of sp³-hybridized carbons (Fsp3) is 0.333. The van der Waals surface area contributed by atoms with Crippen LogP contribution in [-0.4, -0.2) is 36.7 Å². The third-order valence-corrected chi connectivity index (χ3v) is 1.76. The van der Waals surface area contributed by atoms with E-state index in [0.717, 1.165) is 0 Å². The summed E-state index contributed by atoms with van der Waals surface area (Å²) in [4.78, 5) is 0. The summed E-state index contributed by atoms with van der Waals surface area (Å²) in [7, 11) is -1.76. The van der Waals surface area contributed by atoms with Crippen molar-refractivity contribution in [2.24, 2.45) is 0 Å². The van der Waals surface area contributed by atoms with Crippen LogP contribution in [0.2, 0.25) is 0 Å². The molecular formula is C9H10BF3O4. The van der Waals surface area contributed by atoms with Gasteiger partial charge in [-0.05, 0) is 6.07 Å². The van der Waals surface area contributed by atoms with E-state index < -0.39 is 26.7 Å². The summed E-state index contributed by atoms with van der Waals surface area (Å²) < 4.78 is 44.3. The predicted molar refractivity (Wildman–Crippen MR) is 53.8 cm³/mol. The number of alkyl halides is 3. The summed E-state index contributed by atoms with van der Waals surface area (Å²) in [5.74, 6) is 0.0599. The molecule has 0 heterocycles. The van der Waals surface area contributed by atoms with Gasteiger partial charge >= 0.3 is 13.3 Å². The van der Waals surface area contributed by atoms with E-state index in [1.165, 1.54) is 18.2 Å². The van der Waals surface area contributed by atoms with Gasteiger partial charge in [-0.2, -0.15) is 13.2 Å². The zero-order chi connectivity index (χ0) is 12.9. The number of hydrogen-bond acceptors (Lipinski definition) is 4. The second-order valence-corrected chi connectivity index (χ2v) is 3.14. The van der Waals surface area contributed by atoms with Crippen LogP contribution in [0.1, 0.15) is 0 Å². The molecule has 0 spiro atoms. The highest BCUT2D eigenvalue weighted by Crippen LogP contribution is 2.14. The van der Waals surface area contributed by atoms with Crippen LogP contribution in [0.3, 0.4) is 0 Å². The van der Waals surface area contributed by atoms with Crippen LogP contribution in [0.15, 0.2) is 24.3 Å². The lowest BCUT2D eigenvalue weighted by Crippen LogP contribution is -2.31. The first-order valence-electron chi connectivity index (χ1n) is 4.62. The standard InChI is InChI=1S/C9H10BF3O4/c11-9(12,13)5-16-6-17-8-4-2-1-3-7(8)10(14)15/h1-4,14-15H,5-6H2. The van der Waals surface area contributed by atoms with Gasteiger partial charge < -0.3 is 19.5 Å². The highest BCUT2D eigenvalue weighted by molar-refractivity contribution is 6.59. The van der Waals surface area contributed by atoms with Crippen LogP contribution in [0.5, 0.6) is 5.75 Å². The van der Waals surface area contributed by atoms with E-state index in [2.05, 4.69) is 4.74 Å². The Hall–Kier alpha value is -1.25. The van der Waals surface area contributed by atoms with E-state index in [1.807, 2.05) is 0 Å². The molecule has 0 aliphatic carbocycles. The van der Waals surface area contributed by atoms with Crippen molar-refractivity contribution in [1.82, 2.24) is 0 Å². The molecule has 0 saturated carbocycles. The quantitative estimate of drug-likeness (QED) is 0.447. The molecule has 1 aromatic rings. The lowest BCUT2D eigenvalue weighted by atomic mass is 9.80. The first-order valence-corrected chi connectivity index (χ1v) is 4.62. The fourth-order valence-electron chi connectivity index (χ4n) is 1.09. The lowest BCUT2D eigenvalue weighted by molar-refractivity contribution is -0.186. The van der Waals surface area contributed by atoms with Gasteiger partial charge in [0.25, 0.3) is 0 Å². The van der Waals surface area contributed by atoms with E-state index in [1.54, 1.807) is 6.07 Å². The zero-order valence-corrected chi connectivity index (χ0v) is 8.65. The summed E-state index contributed by atoms with van der Waals surface area (Å²) in [5.41, 5.74) is 0.0584. The Morgan fingerprint density at radius 2 is 1.82 bits per heavy atom. The molecule has 4 nitrogen and oxygen atoms in total. The van der Waals surface area contributed by atoms with E-state index in [-0.39, 0.29) is 11.2 Å². The van der Waals surface area contributed by atoms with Gasteiger partial charge in [0.05, 0.1) is 0 Å². The van der Waals surface area contributed by atoms with Crippen molar-refractivity contribution < 1.29 is 32.7 Å². The number of para-hydroxylation sites is 1.